The van der Waals surface area contributed by atoms with Gasteiger partial charge >= 0.3 is 0 Å². The van der Waals surface area contributed by atoms with Gasteiger partial charge in [-0.15, -0.1) is 0 Å². The van der Waals surface area contributed by atoms with Gasteiger partial charge in [-0.2, -0.15) is 0 Å². The molecule has 1 N–H and O–H groups in total. The number of nitrogens with one attached hydrogen (secondary N) is 1. The molecule has 0 bridgehead atoms. The number of benzene rings is 1. The number of rotatable bonds is 4. The summed E-state index contributed by atoms with van der Waals surface area (Å²) in [5, 5.41) is 3.41. The number of aryl methyl sites for hydroxylation is 3. The SMILES string of the molecule is CC[C@@H](C(=O)Nc1cccc(C)c1)n1cnc2nc3c(cc2c1=O)CCCC3. The van der Waals surface area contributed by atoms with Crippen LogP contribution in [0.2, 0.25) is 0 Å². The lowest BCUT2D eigenvalue weighted by atomic mass is 9.95. The van der Waals surface area contributed by atoms with E-state index in [-0.39, 0.29) is 11.5 Å². The Morgan fingerprint density at radius 3 is 2.86 bits per heavy atom. The molecular formula is C22H24N4O2. The Morgan fingerprint density at radius 2 is 2.07 bits per heavy atom. The summed E-state index contributed by atoms with van der Waals surface area (Å²) >= 11 is 0. The van der Waals surface area contributed by atoms with Crippen molar-refractivity contribution in [2.75, 3.05) is 5.32 Å². The van der Waals surface area contributed by atoms with Crippen molar-refractivity contribution >= 4 is 22.6 Å². The van der Waals surface area contributed by atoms with Crippen LogP contribution in [0.15, 0.2) is 41.5 Å². The number of anilines is 1. The van der Waals surface area contributed by atoms with Gasteiger partial charge in [-0.25, -0.2) is 9.97 Å². The molecule has 144 valence electrons. The molecule has 6 nitrogen and oxygen atoms in total. The van der Waals surface area contributed by atoms with Crippen molar-refractivity contribution in [3.63, 3.8) is 0 Å². The second-order valence-corrected chi connectivity index (χ2v) is 7.41. The summed E-state index contributed by atoms with van der Waals surface area (Å²) in [7, 11) is 0. The summed E-state index contributed by atoms with van der Waals surface area (Å²) < 4.78 is 1.43. The average Bonchev–Trinajstić information content (AvgIpc) is 2.69. The zero-order valence-corrected chi connectivity index (χ0v) is 16.2. The molecule has 1 aromatic carbocycles. The van der Waals surface area contributed by atoms with Crippen molar-refractivity contribution < 1.29 is 4.79 Å². The van der Waals surface area contributed by atoms with Gasteiger partial charge in [-0.05, 0) is 68.4 Å². The van der Waals surface area contributed by atoms with Crippen LogP contribution in [0.1, 0.15) is 49.0 Å². The van der Waals surface area contributed by atoms with Crippen molar-refractivity contribution in [3.05, 3.63) is 63.8 Å². The van der Waals surface area contributed by atoms with Crippen LogP contribution in [0.3, 0.4) is 0 Å². The first-order valence-corrected chi connectivity index (χ1v) is 9.84. The first-order valence-electron chi connectivity index (χ1n) is 9.84. The first kappa shape index (κ1) is 18.3. The first-order chi connectivity index (χ1) is 13.6. The van der Waals surface area contributed by atoms with Crippen LogP contribution in [0, 0.1) is 6.92 Å². The fraction of sp³-hybridized carbons (Fsp3) is 0.364. The number of carbonyl (C=O) groups is 1. The van der Waals surface area contributed by atoms with E-state index in [1.165, 1.54) is 10.9 Å². The third-order valence-corrected chi connectivity index (χ3v) is 5.36. The predicted molar refractivity (Wildman–Crippen MR) is 110 cm³/mol. The molecule has 6 heteroatoms. The van der Waals surface area contributed by atoms with Crippen molar-refractivity contribution in [3.8, 4) is 0 Å². The maximum Gasteiger partial charge on any atom is 0.263 e. The van der Waals surface area contributed by atoms with Gasteiger partial charge in [0, 0.05) is 11.4 Å². The summed E-state index contributed by atoms with van der Waals surface area (Å²) in [6, 6.07) is 8.91. The van der Waals surface area contributed by atoms with Crippen molar-refractivity contribution in [2.45, 2.75) is 52.0 Å². The van der Waals surface area contributed by atoms with E-state index in [0.717, 1.165) is 48.2 Å². The molecule has 3 aromatic rings. The van der Waals surface area contributed by atoms with E-state index in [1.54, 1.807) is 0 Å². The van der Waals surface area contributed by atoms with Crippen LogP contribution >= 0.6 is 0 Å². The minimum Gasteiger partial charge on any atom is -0.324 e. The Hall–Kier alpha value is -3.02. The number of fused-ring (bicyclic) bond motifs is 2. The van der Waals surface area contributed by atoms with E-state index in [1.807, 2.05) is 44.2 Å². The highest BCUT2D eigenvalue weighted by molar-refractivity contribution is 5.94. The van der Waals surface area contributed by atoms with E-state index in [2.05, 4.69) is 15.3 Å². The molecule has 2 aromatic heterocycles. The van der Waals surface area contributed by atoms with Crippen LogP contribution in [-0.2, 0) is 17.6 Å². The van der Waals surface area contributed by atoms with Gasteiger partial charge in [0.1, 0.15) is 12.4 Å². The topological polar surface area (TPSA) is 76.9 Å². The molecule has 0 radical (unpaired) electrons. The molecule has 1 aliphatic carbocycles. The van der Waals surface area contributed by atoms with Crippen LogP contribution in [0.4, 0.5) is 5.69 Å². The van der Waals surface area contributed by atoms with Gasteiger partial charge in [0.15, 0.2) is 5.65 Å². The van der Waals surface area contributed by atoms with Crippen LogP contribution in [0.5, 0.6) is 0 Å². The second-order valence-electron chi connectivity index (χ2n) is 7.41. The van der Waals surface area contributed by atoms with E-state index in [0.29, 0.717) is 17.5 Å². The molecule has 0 spiro atoms. The minimum absolute atomic E-state index is 0.211. The number of amides is 1. The highest BCUT2D eigenvalue weighted by atomic mass is 16.2. The molecule has 0 unspecified atom stereocenters. The predicted octanol–water partition coefficient (Wildman–Crippen LogP) is 3.57. The summed E-state index contributed by atoms with van der Waals surface area (Å²) in [6.45, 7) is 3.86. The summed E-state index contributed by atoms with van der Waals surface area (Å²) in [5.41, 5.74) is 4.22. The molecule has 0 aliphatic heterocycles. The van der Waals surface area contributed by atoms with Gasteiger partial charge in [0.25, 0.3) is 5.56 Å². The standard InChI is InChI=1S/C22H24N4O2/c1-3-19(21(27)24-16-9-6-7-14(2)11-16)26-13-23-20-17(22(26)28)12-15-8-4-5-10-18(15)25-20/h6-7,9,11-13,19H,3-5,8,10H2,1-2H3,(H,24,27)/t19-/m0/s1. The average molecular weight is 376 g/mol. The van der Waals surface area contributed by atoms with E-state index < -0.39 is 6.04 Å². The monoisotopic (exact) mass is 376 g/mol. The highest BCUT2D eigenvalue weighted by Gasteiger charge is 2.22. The molecule has 4 rings (SSSR count). The molecule has 1 aliphatic rings. The van der Waals surface area contributed by atoms with Gasteiger partial charge in [0.05, 0.1) is 5.39 Å². The third kappa shape index (κ3) is 3.42. The number of carbonyl (C=O) groups excluding carboxylic acids is 1. The molecule has 2 heterocycles. The molecule has 1 atom stereocenters. The lowest BCUT2D eigenvalue weighted by Crippen LogP contribution is -2.33. The number of nitrogens with zero attached hydrogens (tertiary/aromatic N) is 3. The van der Waals surface area contributed by atoms with Crippen molar-refractivity contribution in [1.29, 1.82) is 0 Å². The highest BCUT2D eigenvalue weighted by Crippen LogP contribution is 2.22. The van der Waals surface area contributed by atoms with E-state index in [4.69, 9.17) is 0 Å². The minimum atomic E-state index is -0.624. The van der Waals surface area contributed by atoms with E-state index in [9.17, 15) is 9.59 Å². The lowest BCUT2D eigenvalue weighted by Gasteiger charge is -2.19. The van der Waals surface area contributed by atoms with Gasteiger partial charge < -0.3 is 5.32 Å². The number of hydrogen-bond acceptors (Lipinski definition) is 4. The summed E-state index contributed by atoms with van der Waals surface area (Å²) in [5.74, 6) is -0.220. The zero-order valence-electron chi connectivity index (χ0n) is 16.2. The molecule has 0 fully saturated rings. The number of aromatic nitrogens is 3. The fourth-order valence-corrected chi connectivity index (χ4v) is 3.87. The normalized spacial score (nSPS) is 14.5. The number of hydrogen-bond donors (Lipinski definition) is 1. The summed E-state index contributed by atoms with van der Waals surface area (Å²) in [4.78, 5) is 35.0. The molecule has 0 saturated carbocycles. The van der Waals surface area contributed by atoms with Crippen LogP contribution < -0.4 is 10.9 Å². The molecule has 28 heavy (non-hydrogen) atoms. The zero-order chi connectivity index (χ0) is 19.7. The van der Waals surface area contributed by atoms with Gasteiger partial charge in [-0.1, -0.05) is 19.1 Å². The number of pyridine rings is 1. The quantitative estimate of drug-likeness (QED) is 0.755. The molecule has 0 saturated heterocycles. The maximum atomic E-state index is 13.1. The molecular weight excluding hydrogens is 352 g/mol. The Labute approximate surface area is 163 Å². The third-order valence-electron chi connectivity index (χ3n) is 5.36. The smallest absolute Gasteiger partial charge is 0.263 e. The van der Waals surface area contributed by atoms with Gasteiger partial charge in [-0.3, -0.25) is 14.2 Å². The van der Waals surface area contributed by atoms with Crippen LogP contribution in [0.25, 0.3) is 11.0 Å². The van der Waals surface area contributed by atoms with Crippen molar-refractivity contribution in [2.24, 2.45) is 0 Å². The fourth-order valence-electron chi connectivity index (χ4n) is 3.87. The maximum absolute atomic E-state index is 13.1. The Balaban J connectivity index is 1.70. The largest absolute Gasteiger partial charge is 0.324 e. The van der Waals surface area contributed by atoms with Crippen molar-refractivity contribution in [1.82, 2.24) is 14.5 Å². The Morgan fingerprint density at radius 1 is 1.25 bits per heavy atom. The Bertz CT molecular complexity index is 1100. The molecule has 1 amide bonds. The Kier molecular flexibility index (Phi) is 4.94. The van der Waals surface area contributed by atoms with E-state index >= 15 is 0 Å². The van der Waals surface area contributed by atoms with Crippen LogP contribution in [-0.4, -0.2) is 20.4 Å². The second kappa shape index (κ2) is 7.54. The van der Waals surface area contributed by atoms with Gasteiger partial charge in [0.2, 0.25) is 5.91 Å². The summed E-state index contributed by atoms with van der Waals surface area (Å²) in [6.07, 6.45) is 6.06. The lowest BCUT2D eigenvalue weighted by molar-refractivity contribution is -0.119.